The molecule has 1 aromatic rings. The quantitative estimate of drug-likeness (QED) is 0.571. The molecule has 0 bridgehead atoms. The van der Waals surface area contributed by atoms with Gasteiger partial charge < -0.3 is 0 Å². The van der Waals surface area contributed by atoms with Crippen LogP contribution in [0, 0.1) is 5.82 Å². The van der Waals surface area contributed by atoms with Crippen LogP contribution in [0.1, 0.15) is 38.2 Å². The van der Waals surface area contributed by atoms with Crippen LogP contribution in [0.25, 0.3) is 0 Å². The molecule has 1 spiro atoms. The fourth-order valence-corrected chi connectivity index (χ4v) is 2.47. The van der Waals surface area contributed by atoms with Crippen LogP contribution in [-0.2, 0) is 11.8 Å². The molecule has 0 radical (unpaired) electrons. The molecule has 1 saturated carbocycles. The molecule has 1 fully saturated rings. The lowest BCUT2D eigenvalue weighted by molar-refractivity contribution is 0.532. The molecular formula is C12H13F. The Morgan fingerprint density at radius 1 is 1.31 bits per heavy atom. The van der Waals surface area contributed by atoms with Gasteiger partial charge in [-0.3, -0.25) is 0 Å². The van der Waals surface area contributed by atoms with Crippen molar-refractivity contribution >= 4 is 0 Å². The summed E-state index contributed by atoms with van der Waals surface area (Å²) >= 11 is 0. The monoisotopic (exact) mass is 177 g/mol. The highest BCUT2D eigenvalue weighted by molar-refractivity contribution is 5.41. The van der Waals surface area contributed by atoms with Crippen molar-refractivity contribution in [3.8, 4) is 0 Å². The van der Waals surface area contributed by atoms with Gasteiger partial charge in [0.1, 0.15) is 5.82 Å². The number of hydrogen-bond donors (Lipinski definition) is 0. The van der Waals surface area contributed by atoms with Crippen LogP contribution in [-0.4, -0.2) is 0 Å². The second kappa shape index (κ2) is 2.34. The first-order chi connectivity index (χ1) is 6.71. The molecule has 0 aliphatic heterocycles. The van der Waals surface area contributed by atoms with Crippen molar-refractivity contribution in [3.05, 3.63) is 35.1 Å². The van der Waals surface area contributed by atoms with Gasteiger partial charge in [-0.15, -0.1) is 0 Å². The summed E-state index contributed by atoms with van der Waals surface area (Å²) in [5.74, 6) is -0.149. The Labute approximate surface area is 79.2 Å². The Bertz CT molecular complexity index is 382. The van der Waals surface area contributed by atoms with Gasteiger partial charge in [0.2, 0.25) is 0 Å². The Morgan fingerprint density at radius 3 is 2.92 bits per heavy atom. The molecule has 1 atom stereocenters. The zero-order valence-corrected chi connectivity index (χ0v) is 7.52. The summed E-state index contributed by atoms with van der Waals surface area (Å²) in [6, 6.07) is 4.95. The van der Waals surface area contributed by atoms with Gasteiger partial charge in [0, 0.05) is 1.37 Å². The van der Waals surface area contributed by atoms with Crippen LogP contribution in [0.5, 0.6) is 0 Å². The smallest absolute Gasteiger partial charge is 0.123 e. The number of aryl methyl sites for hydroxylation is 1. The van der Waals surface area contributed by atoms with Crippen LogP contribution in [0.15, 0.2) is 18.2 Å². The van der Waals surface area contributed by atoms with Crippen LogP contribution in [0.2, 0.25) is 0 Å². The molecule has 1 aromatic carbocycles. The van der Waals surface area contributed by atoms with E-state index in [1.165, 1.54) is 18.9 Å². The zero-order valence-electron chi connectivity index (χ0n) is 8.52. The van der Waals surface area contributed by atoms with Gasteiger partial charge in [0.05, 0.1) is 0 Å². The van der Waals surface area contributed by atoms with Gasteiger partial charge in [-0.2, -0.15) is 0 Å². The second-order valence-electron chi connectivity index (χ2n) is 4.25. The molecule has 3 rings (SSSR count). The zero-order chi connectivity index (χ0) is 9.76. The third-order valence-electron chi connectivity index (χ3n) is 3.43. The highest BCUT2D eigenvalue weighted by atomic mass is 19.1. The Hall–Kier alpha value is -0.850. The minimum absolute atomic E-state index is 0.128. The first kappa shape index (κ1) is 6.58. The molecule has 0 N–H and O–H groups in total. The van der Waals surface area contributed by atoms with Crippen LogP contribution in [0.4, 0.5) is 4.39 Å². The number of rotatable bonds is 0. The fraction of sp³-hybridized carbons (Fsp3) is 0.500. The number of fused-ring (bicyclic) bond motifs is 2. The van der Waals surface area contributed by atoms with Crippen molar-refractivity contribution in [3.63, 3.8) is 0 Å². The van der Waals surface area contributed by atoms with Gasteiger partial charge in [0.25, 0.3) is 0 Å². The fourth-order valence-electron chi connectivity index (χ4n) is 2.47. The van der Waals surface area contributed by atoms with E-state index in [1.54, 1.807) is 6.07 Å². The van der Waals surface area contributed by atoms with Gasteiger partial charge >= 0.3 is 0 Å². The standard InChI is InChI=1S/C12H13F/c13-10-4-3-9-2-1-5-12(6-7-12)11(9)8-10/h3-4,8H,1-2,5-7H2/i2D. The van der Waals surface area contributed by atoms with E-state index in [0.717, 1.165) is 24.0 Å². The average molecular weight is 177 g/mol. The summed E-state index contributed by atoms with van der Waals surface area (Å²) in [7, 11) is 0. The van der Waals surface area contributed by atoms with Crippen LogP contribution >= 0.6 is 0 Å². The first-order valence-electron chi connectivity index (χ1n) is 5.51. The molecule has 1 heteroatoms. The third kappa shape index (κ3) is 1.03. The highest BCUT2D eigenvalue weighted by Crippen LogP contribution is 2.55. The maximum atomic E-state index is 13.1. The van der Waals surface area contributed by atoms with Crippen LogP contribution in [0.3, 0.4) is 0 Å². The van der Waals surface area contributed by atoms with E-state index in [-0.39, 0.29) is 17.6 Å². The lowest BCUT2D eigenvalue weighted by Gasteiger charge is -2.24. The number of benzene rings is 1. The van der Waals surface area contributed by atoms with E-state index in [0.29, 0.717) is 0 Å². The molecule has 2 aliphatic rings. The molecule has 2 aliphatic carbocycles. The van der Waals surface area contributed by atoms with Crippen LogP contribution < -0.4 is 0 Å². The van der Waals surface area contributed by atoms with Gasteiger partial charge in [0.15, 0.2) is 0 Å². The van der Waals surface area contributed by atoms with Gasteiger partial charge in [-0.05, 0) is 60.8 Å². The number of halogens is 1. The first-order valence-corrected chi connectivity index (χ1v) is 4.93. The molecular weight excluding hydrogens is 163 g/mol. The van der Waals surface area contributed by atoms with Gasteiger partial charge in [-0.1, -0.05) is 6.07 Å². The molecule has 13 heavy (non-hydrogen) atoms. The van der Waals surface area contributed by atoms with Crippen molar-refractivity contribution < 1.29 is 5.76 Å². The van der Waals surface area contributed by atoms with Crippen molar-refractivity contribution in [1.29, 1.82) is 0 Å². The largest absolute Gasteiger partial charge is 0.207 e. The predicted molar refractivity (Wildman–Crippen MR) is 50.3 cm³/mol. The van der Waals surface area contributed by atoms with Crippen molar-refractivity contribution in [2.24, 2.45) is 0 Å². The van der Waals surface area contributed by atoms with Crippen molar-refractivity contribution in [2.45, 2.75) is 37.5 Å². The molecule has 0 aromatic heterocycles. The lowest BCUT2D eigenvalue weighted by atomic mass is 9.80. The predicted octanol–water partition coefficient (Wildman–Crippen LogP) is 3.19. The molecule has 0 nitrogen and oxygen atoms in total. The SMILES string of the molecule is [2H]C1CCC2(CC2)c2cc(F)ccc21. The Kier molecular flexibility index (Phi) is 1.19. The summed E-state index contributed by atoms with van der Waals surface area (Å²) in [5, 5.41) is 0. The maximum absolute atomic E-state index is 13.1. The van der Waals surface area contributed by atoms with E-state index >= 15 is 0 Å². The Morgan fingerprint density at radius 2 is 2.15 bits per heavy atom. The summed E-state index contributed by atoms with van der Waals surface area (Å²) < 4.78 is 21.0. The maximum Gasteiger partial charge on any atom is 0.123 e. The van der Waals surface area contributed by atoms with Crippen molar-refractivity contribution in [1.82, 2.24) is 0 Å². The van der Waals surface area contributed by atoms with E-state index < -0.39 is 0 Å². The van der Waals surface area contributed by atoms with E-state index in [9.17, 15) is 4.39 Å². The van der Waals surface area contributed by atoms with E-state index in [1.807, 2.05) is 6.07 Å². The van der Waals surface area contributed by atoms with Gasteiger partial charge in [-0.25, -0.2) is 4.39 Å². The van der Waals surface area contributed by atoms with E-state index in [2.05, 4.69) is 0 Å². The lowest BCUT2D eigenvalue weighted by Crippen LogP contribution is -2.15. The number of hydrogen-bond acceptors (Lipinski definition) is 0. The summed E-state index contributed by atoms with van der Waals surface area (Å²) in [5.41, 5.74) is 2.47. The minimum Gasteiger partial charge on any atom is -0.207 e. The van der Waals surface area contributed by atoms with E-state index in [4.69, 9.17) is 1.37 Å². The normalized spacial score (nSPS) is 29.6. The topological polar surface area (TPSA) is 0 Å². The molecule has 0 heterocycles. The molecule has 1 unspecified atom stereocenters. The minimum atomic E-state index is -0.149. The van der Waals surface area contributed by atoms with Crippen molar-refractivity contribution in [2.75, 3.05) is 0 Å². The Balaban J connectivity index is 2.17. The molecule has 0 amide bonds. The summed E-state index contributed by atoms with van der Waals surface area (Å²) in [4.78, 5) is 0. The summed E-state index contributed by atoms with van der Waals surface area (Å²) in [6.07, 6.45) is 4.28. The molecule has 68 valence electrons. The highest BCUT2D eigenvalue weighted by Gasteiger charge is 2.46. The molecule has 0 saturated heterocycles. The third-order valence-corrected chi connectivity index (χ3v) is 3.43. The second-order valence-corrected chi connectivity index (χ2v) is 4.25. The summed E-state index contributed by atoms with van der Waals surface area (Å²) in [6.45, 7) is 0. The average Bonchev–Trinajstić information content (AvgIpc) is 2.93.